The van der Waals surface area contributed by atoms with Crippen LogP contribution in [0.1, 0.15) is 21.7 Å². The molecule has 0 aliphatic heterocycles. The number of benzene rings is 1. The fourth-order valence-electron chi connectivity index (χ4n) is 1.73. The van der Waals surface area contributed by atoms with Crippen LogP contribution in [0.4, 0.5) is 5.69 Å². The number of hydrogen-bond donors (Lipinski definition) is 3. The van der Waals surface area contributed by atoms with E-state index >= 15 is 0 Å². The van der Waals surface area contributed by atoms with Crippen molar-refractivity contribution in [2.45, 2.75) is 12.3 Å². The van der Waals surface area contributed by atoms with Gasteiger partial charge in [-0.3, -0.25) is 0 Å². The van der Waals surface area contributed by atoms with Crippen LogP contribution >= 0.6 is 0 Å². The van der Waals surface area contributed by atoms with Gasteiger partial charge in [0.05, 0.1) is 17.9 Å². The number of anilines is 1. The molecule has 1 aromatic heterocycles. The summed E-state index contributed by atoms with van der Waals surface area (Å²) in [5, 5.41) is 16.8. The Balaban J connectivity index is 1.95. The second-order valence-electron chi connectivity index (χ2n) is 4.46. The van der Waals surface area contributed by atoms with Gasteiger partial charge in [-0.1, -0.05) is 12.1 Å². The number of carboxylic acids is 1. The average Bonchev–Trinajstić information content (AvgIpc) is 2.85. The summed E-state index contributed by atoms with van der Waals surface area (Å²) < 4.78 is 27.0. The molecule has 1 aromatic carbocycles. The molecule has 8 heteroatoms. The molecule has 0 fully saturated rings. The molecular formula is C13H14N2O5S. The summed E-state index contributed by atoms with van der Waals surface area (Å²) in [5.74, 6) is -0.772. The third-order valence-corrected chi connectivity index (χ3v) is 3.42. The summed E-state index contributed by atoms with van der Waals surface area (Å²) in [4.78, 5) is 10.7. The second-order valence-corrected chi connectivity index (χ2v) is 6.08. The monoisotopic (exact) mass is 310 g/mol. The van der Waals surface area contributed by atoms with Gasteiger partial charge in [-0.15, -0.1) is 0 Å². The molecule has 0 aliphatic carbocycles. The highest BCUT2D eigenvalue weighted by molar-refractivity contribution is 7.88. The van der Waals surface area contributed by atoms with Gasteiger partial charge in [-0.25, -0.2) is 18.4 Å². The van der Waals surface area contributed by atoms with E-state index in [1.807, 2.05) is 0 Å². The van der Waals surface area contributed by atoms with Crippen molar-refractivity contribution in [2.75, 3.05) is 5.32 Å². The zero-order valence-corrected chi connectivity index (χ0v) is 11.8. The van der Waals surface area contributed by atoms with Crippen molar-refractivity contribution in [3.05, 3.63) is 53.5 Å². The molecule has 0 unspecified atom stereocenters. The lowest BCUT2D eigenvalue weighted by Crippen LogP contribution is -2.14. The molecule has 21 heavy (non-hydrogen) atoms. The van der Waals surface area contributed by atoms with E-state index in [2.05, 4.69) is 5.32 Å². The first-order valence-corrected chi connectivity index (χ1v) is 7.69. The van der Waals surface area contributed by atoms with Crippen LogP contribution in [-0.2, 0) is 22.3 Å². The van der Waals surface area contributed by atoms with E-state index in [9.17, 15) is 13.2 Å². The molecule has 0 spiro atoms. The summed E-state index contributed by atoms with van der Waals surface area (Å²) in [6.45, 7) is 0.321. The van der Waals surface area contributed by atoms with E-state index in [-0.39, 0.29) is 11.3 Å². The lowest BCUT2D eigenvalue weighted by molar-refractivity contribution is 0.0696. The minimum absolute atomic E-state index is 0.0929. The minimum atomic E-state index is -3.54. The Morgan fingerprint density at radius 1 is 1.29 bits per heavy atom. The maximum absolute atomic E-state index is 11.0. The minimum Gasteiger partial charge on any atom is -0.478 e. The quantitative estimate of drug-likeness (QED) is 0.740. The van der Waals surface area contributed by atoms with E-state index in [0.29, 0.717) is 17.9 Å². The number of furan rings is 1. The first-order chi connectivity index (χ1) is 9.83. The van der Waals surface area contributed by atoms with Crippen molar-refractivity contribution in [3.63, 3.8) is 0 Å². The Kier molecular flexibility index (Phi) is 4.29. The van der Waals surface area contributed by atoms with Crippen molar-refractivity contribution in [2.24, 2.45) is 5.14 Å². The third kappa shape index (κ3) is 4.62. The number of nitrogens with one attached hydrogen (secondary N) is 1. The number of carboxylic acid groups (broad SMARTS) is 1. The normalized spacial score (nSPS) is 11.3. The topological polar surface area (TPSA) is 123 Å². The van der Waals surface area contributed by atoms with Crippen LogP contribution in [0.2, 0.25) is 0 Å². The van der Waals surface area contributed by atoms with Gasteiger partial charge in [0.1, 0.15) is 12.0 Å². The number of carbonyl (C=O) groups is 1. The number of nitrogens with two attached hydrogens (primary N) is 1. The van der Waals surface area contributed by atoms with Crippen molar-refractivity contribution in [1.82, 2.24) is 0 Å². The molecule has 0 saturated carbocycles. The Morgan fingerprint density at radius 2 is 1.95 bits per heavy atom. The van der Waals surface area contributed by atoms with Gasteiger partial charge < -0.3 is 14.8 Å². The van der Waals surface area contributed by atoms with E-state index < -0.39 is 16.0 Å². The van der Waals surface area contributed by atoms with Crippen molar-refractivity contribution < 1.29 is 22.7 Å². The fraction of sp³-hybridized carbons (Fsp3) is 0.154. The van der Waals surface area contributed by atoms with Gasteiger partial charge in [0.25, 0.3) is 0 Å². The fourth-order valence-corrected chi connectivity index (χ4v) is 2.38. The van der Waals surface area contributed by atoms with E-state index in [1.54, 1.807) is 24.3 Å². The predicted octanol–water partition coefficient (Wildman–Crippen LogP) is 1.38. The zero-order valence-electron chi connectivity index (χ0n) is 10.9. The Labute approximate surface area is 121 Å². The van der Waals surface area contributed by atoms with E-state index in [4.69, 9.17) is 14.7 Å². The van der Waals surface area contributed by atoms with Crippen molar-refractivity contribution >= 4 is 21.7 Å². The Morgan fingerprint density at radius 3 is 2.48 bits per heavy atom. The number of rotatable bonds is 6. The highest BCUT2D eigenvalue weighted by atomic mass is 32.2. The highest BCUT2D eigenvalue weighted by Crippen LogP contribution is 2.14. The molecule has 1 heterocycles. The molecule has 112 valence electrons. The number of hydrogen-bond acceptors (Lipinski definition) is 5. The van der Waals surface area contributed by atoms with E-state index in [0.717, 1.165) is 5.69 Å². The van der Waals surface area contributed by atoms with Crippen LogP contribution in [0.5, 0.6) is 0 Å². The van der Waals surface area contributed by atoms with Crippen LogP contribution in [0, 0.1) is 0 Å². The van der Waals surface area contributed by atoms with E-state index in [1.165, 1.54) is 12.3 Å². The molecule has 0 bridgehead atoms. The van der Waals surface area contributed by atoms with Gasteiger partial charge in [-0.05, 0) is 23.8 Å². The first kappa shape index (κ1) is 15.1. The first-order valence-electron chi connectivity index (χ1n) is 5.97. The number of aromatic carboxylic acids is 1. The van der Waals surface area contributed by atoms with Gasteiger partial charge in [0, 0.05) is 5.69 Å². The van der Waals surface area contributed by atoms with Crippen molar-refractivity contribution in [3.8, 4) is 0 Å². The predicted molar refractivity (Wildman–Crippen MR) is 76.2 cm³/mol. The summed E-state index contributed by atoms with van der Waals surface area (Å²) >= 11 is 0. The van der Waals surface area contributed by atoms with Crippen molar-refractivity contribution in [1.29, 1.82) is 0 Å². The van der Waals surface area contributed by atoms with Crippen LogP contribution in [0.15, 0.2) is 41.0 Å². The smallest absolute Gasteiger partial charge is 0.338 e. The third-order valence-electron chi connectivity index (χ3n) is 2.69. The Bertz CT molecular complexity index is 734. The standard InChI is InChI=1S/C13H14N2O5S/c14-21(18,19)8-9-1-3-11(4-2-9)15-6-12-5-10(7-20-12)13(16)17/h1-5,7,15H,6,8H2,(H,16,17)(H2,14,18,19). The van der Waals surface area contributed by atoms with Gasteiger partial charge in [0.15, 0.2) is 0 Å². The van der Waals surface area contributed by atoms with Gasteiger partial charge in [-0.2, -0.15) is 0 Å². The number of primary sulfonamides is 1. The number of sulfonamides is 1. The highest BCUT2D eigenvalue weighted by Gasteiger charge is 2.08. The van der Waals surface area contributed by atoms with Gasteiger partial charge in [0.2, 0.25) is 10.0 Å². The van der Waals surface area contributed by atoms with Crippen LogP contribution in [-0.4, -0.2) is 19.5 Å². The van der Waals surface area contributed by atoms with Crippen LogP contribution < -0.4 is 10.5 Å². The maximum atomic E-state index is 11.0. The summed E-state index contributed by atoms with van der Waals surface area (Å²) in [6.07, 6.45) is 1.18. The molecule has 7 nitrogen and oxygen atoms in total. The molecule has 2 rings (SSSR count). The lowest BCUT2D eigenvalue weighted by Gasteiger charge is -2.05. The molecule has 0 radical (unpaired) electrons. The van der Waals surface area contributed by atoms with Crippen LogP contribution in [0.3, 0.4) is 0 Å². The summed E-state index contributed by atoms with van der Waals surface area (Å²) in [5.41, 5.74) is 1.44. The van der Waals surface area contributed by atoms with Gasteiger partial charge >= 0.3 is 5.97 Å². The molecule has 2 aromatic rings. The Hall–Kier alpha value is -2.32. The molecular weight excluding hydrogens is 296 g/mol. The molecule has 4 N–H and O–H groups in total. The average molecular weight is 310 g/mol. The largest absolute Gasteiger partial charge is 0.478 e. The summed E-state index contributed by atoms with van der Waals surface area (Å²) in [7, 11) is -3.54. The summed E-state index contributed by atoms with van der Waals surface area (Å²) in [6, 6.07) is 8.16. The van der Waals surface area contributed by atoms with Crippen LogP contribution in [0.25, 0.3) is 0 Å². The zero-order chi connectivity index (χ0) is 15.5. The lowest BCUT2D eigenvalue weighted by atomic mass is 10.2. The second kappa shape index (κ2) is 5.98. The molecule has 0 atom stereocenters. The molecule has 0 aliphatic rings. The maximum Gasteiger partial charge on any atom is 0.338 e. The molecule has 0 saturated heterocycles. The molecule has 0 amide bonds. The SMILES string of the molecule is NS(=O)(=O)Cc1ccc(NCc2cc(C(=O)O)co2)cc1.